The van der Waals surface area contributed by atoms with E-state index in [4.69, 9.17) is 5.73 Å². The number of amides is 4. The summed E-state index contributed by atoms with van der Waals surface area (Å²) < 4.78 is 0. The number of carbonyl (C=O) groups excluding carboxylic acids is 3. The number of imide groups is 1. The summed E-state index contributed by atoms with van der Waals surface area (Å²) in [5, 5.41) is 2.36. The molecule has 1 aromatic carbocycles. The maximum atomic E-state index is 12.1. The molecule has 1 saturated heterocycles. The Morgan fingerprint density at radius 2 is 2.10 bits per heavy atom. The van der Waals surface area contributed by atoms with Gasteiger partial charge in [-0.25, -0.2) is 4.79 Å². The molecule has 4 amide bonds. The maximum Gasteiger partial charge on any atom is 0.324 e. The van der Waals surface area contributed by atoms with Gasteiger partial charge in [-0.2, -0.15) is 0 Å². The van der Waals surface area contributed by atoms with Crippen LogP contribution in [0.3, 0.4) is 0 Å². The minimum absolute atomic E-state index is 0.241. The van der Waals surface area contributed by atoms with Crippen LogP contribution in [0.1, 0.15) is 27.9 Å². The van der Waals surface area contributed by atoms with Crippen LogP contribution in [0.15, 0.2) is 18.2 Å². The molecule has 3 rings (SSSR count). The van der Waals surface area contributed by atoms with Gasteiger partial charge in [-0.1, -0.05) is 6.07 Å². The molecule has 1 fully saturated rings. The van der Waals surface area contributed by atoms with Crippen molar-refractivity contribution in [1.82, 2.24) is 10.2 Å². The second-order valence-corrected chi connectivity index (χ2v) is 5.37. The summed E-state index contributed by atoms with van der Waals surface area (Å²) >= 11 is 0. The van der Waals surface area contributed by atoms with Crippen molar-refractivity contribution in [2.24, 2.45) is 5.73 Å². The van der Waals surface area contributed by atoms with Crippen molar-refractivity contribution in [3.63, 3.8) is 0 Å². The van der Waals surface area contributed by atoms with Crippen molar-refractivity contribution < 1.29 is 14.4 Å². The lowest BCUT2D eigenvalue weighted by Gasteiger charge is -2.37. The number of benzene rings is 1. The van der Waals surface area contributed by atoms with Gasteiger partial charge in [0, 0.05) is 19.0 Å². The second kappa shape index (κ2) is 4.06. The molecule has 6 heteroatoms. The Kier molecular flexibility index (Phi) is 2.57. The van der Waals surface area contributed by atoms with E-state index in [1.807, 2.05) is 6.07 Å². The largest absolute Gasteiger partial charge is 0.366 e. The summed E-state index contributed by atoms with van der Waals surface area (Å²) in [6, 6.07) is 4.90. The minimum Gasteiger partial charge on any atom is -0.366 e. The Morgan fingerprint density at radius 3 is 2.70 bits per heavy atom. The molecule has 2 aliphatic rings. The molecule has 20 heavy (non-hydrogen) atoms. The first-order chi connectivity index (χ1) is 9.44. The third kappa shape index (κ3) is 1.61. The van der Waals surface area contributed by atoms with Crippen LogP contribution in [-0.4, -0.2) is 35.3 Å². The molecule has 6 nitrogen and oxygen atoms in total. The molecule has 3 N–H and O–H groups in total. The fraction of sp³-hybridized carbons (Fsp3) is 0.357. The van der Waals surface area contributed by atoms with Crippen LogP contribution in [0.4, 0.5) is 4.79 Å². The van der Waals surface area contributed by atoms with Gasteiger partial charge in [0.2, 0.25) is 5.91 Å². The summed E-state index contributed by atoms with van der Waals surface area (Å²) in [7, 11) is 1.64. The standard InChI is InChI=1S/C14H15N3O3/c1-17-13(20)16-12(19)14(17)5-4-8-6-9(11(15)18)2-3-10(8)7-14/h2-3,6H,4-5,7H2,1H3,(H2,15,18)(H,16,19,20). The van der Waals surface area contributed by atoms with Gasteiger partial charge < -0.3 is 10.6 Å². The molecule has 1 aliphatic heterocycles. The number of likely N-dealkylation sites (N-methyl/N-ethyl adjacent to an activating group) is 1. The number of hydrogen-bond acceptors (Lipinski definition) is 3. The monoisotopic (exact) mass is 273 g/mol. The SMILES string of the molecule is CN1C(=O)NC(=O)C12CCc1cc(C(N)=O)ccc1C2. The molecule has 1 atom stereocenters. The third-order valence-electron chi connectivity index (χ3n) is 4.37. The van der Waals surface area contributed by atoms with Gasteiger partial charge in [-0.3, -0.25) is 14.9 Å². The minimum atomic E-state index is -0.793. The van der Waals surface area contributed by atoms with E-state index in [1.54, 1.807) is 19.2 Å². The Hall–Kier alpha value is -2.37. The van der Waals surface area contributed by atoms with E-state index in [-0.39, 0.29) is 11.9 Å². The zero-order chi connectivity index (χ0) is 14.5. The summed E-state index contributed by atoms with van der Waals surface area (Å²) in [5.74, 6) is -0.700. The fourth-order valence-electron chi connectivity index (χ4n) is 3.05. The molecule has 0 saturated carbocycles. The highest BCUT2D eigenvalue weighted by Crippen LogP contribution is 2.36. The van der Waals surface area contributed by atoms with Crippen LogP contribution in [0.2, 0.25) is 0 Å². The Bertz CT molecular complexity index is 641. The first-order valence-electron chi connectivity index (χ1n) is 6.45. The number of rotatable bonds is 1. The van der Waals surface area contributed by atoms with Crippen molar-refractivity contribution in [3.8, 4) is 0 Å². The second-order valence-electron chi connectivity index (χ2n) is 5.37. The van der Waals surface area contributed by atoms with Gasteiger partial charge in [0.25, 0.3) is 5.91 Å². The van der Waals surface area contributed by atoms with E-state index >= 15 is 0 Å². The lowest BCUT2D eigenvalue weighted by atomic mass is 9.77. The summed E-state index contributed by atoms with van der Waals surface area (Å²) in [4.78, 5) is 36.4. The number of primary amides is 1. The maximum absolute atomic E-state index is 12.1. The predicted molar refractivity (Wildman–Crippen MR) is 71.0 cm³/mol. The van der Waals surface area contributed by atoms with Crippen molar-refractivity contribution in [3.05, 3.63) is 34.9 Å². The van der Waals surface area contributed by atoms with Crippen LogP contribution in [-0.2, 0) is 17.6 Å². The van der Waals surface area contributed by atoms with Crippen LogP contribution >= 0.6 is 0 Å². The molecular formula is C14H15N3O3. The Morgan fingerprint density at radius 1 is 1.35 bits per heavy atom. The number of hydrogen-bond donors (Lipinski definition) is 2. The lowest BCUT2D eigenvalue weighted by Crippen LogP contribution is -2.51. The summed E-state index contributed by atoms with van der Waals surface area (Å²) in [6.07, 6.45) is 1.66. The topological polar surface area (TPSA) is 92.5 Å². The van der Waals surface area contributed by atoms with Crippen molar-refractivity contribution in [2.45, 2.75) is 24.8 Å². The third-order valence-corrected chi connectivity index (χ3v) is 4.37. The molecule has 1 unspecified atom stereocenters. The number of nitrogens with zero attached hydrogens (tertiary/aromatic N) is 1. The molecule has 1 heterocycles. The molecular weight excluding hydrogens is 258 g/mol. The Labute approximate surface area is 115 Å². The molecule has 104 valence electrons. The van der Waals surface area contributed by atoms with E-state index < -0.39 is 11.4 Å². The molecule has 0 radical (unpaired) electrons. The molecule has 0 bridgehead atoms. The van der Waals surface area contributed by atoms with Gasteiger partial charge in [0.1, 0.15) is 5.54 Å². The lowest BCUT2D eigenvalue weighted by molar-refractivity contribution is -0.126. The highest BCUT2D eigenvalue weighted by atomic mass is 16.2. The van der Waals surface area contributed by atoms with Crippen LogP contribution in [0.5, 0.6) is 0 Å². The summed E-state index contributed by atoms with van der Waals surface area (Å²) in [5.41, 5.74) is 6.95. The number of carbonyl (C=O) groups is 3. The molecule has 0 aromatic heterocycles. The van der Waals surface area contributed by atoms with E-state index in [1.165, 1.54) is 4.90 Å². The van der Waals surface area contributed by atoms with E-state index in [0.29, 0.717) is 24.8 Å². The van der Waals surface area contributed by atoms with E-state index in [9.17, 15) is 14.4 Å². The first kappa shape index (κ1) is 12.7. The summed E-state index contributed by atoms with van der Waals surface area (Å²) in [6.45, 7) is 0. The zero-order valence-electron chi connectivity index (χ0n) is 11.1. The number of nitrogens with one attached hydrogen (secondary N) is 1. The average Bonchev–Trinajstić information content (AvgIpc) is 2.62. The molecule has 1 spiro atoms. The Balaban J connectivity index is 1.99. The predicted octanol–water partition coefficient (Wildman–Crippen LogP) is 0.195. The van der Waals surface area contributed by atoms with Crippen LogP contribution in [0.25, 0.3) is 0 Å². The van der Waals surface area contributed by atoms with Gasteiger partial charge in [-0.15, -0.1) is 0 Å². The molecule has 1 aliphatic carbocycles. The normalized spacial score (nSPS) is 24.8. The number of fused-ring (bicyclic) bond motifs is 1. The molecule has 1 aromatic rings. The fourth-order valence-corrected chi connectivity index (χ4v) is 3.05. The van der Waals surface area contributed by atoms with Crippen molar-refractivity contribution in [2.75, 3.05) is 7.05 Å². The highest BCUT2D eigenvalue weighted by Gasteiger charge is 2.52. The number of urea groups is 1. The van der Waals surface area contributed by atoms with Crippen molar-refractivity contribution in [1.29, 1.82) is 0 Å². The highest BCUT2D eigenvalue weighted by molar-refractivity contribution is 6.07. The van der Waals surface area contributed by atoms with Gasteiger partial charge in [0.05, 0.1) is 0 Å². The number of aryl methyl sites for hydroxylation is 1. The quantitative estimate of drug-likeness (QED) is 0.716. The van der Waals surface area contributed by atoms with Gasteiger partial charge in [0.15, 0.2) is 0 Å². The van der Waals surface area contributed by atoms with E-state index in [2.05, 4.69) is 5.32 Å². The smallest absolute Gasteiger partial charge is 0.324 e. The first-order valence-corrected chi connectivity index (χ1v) is 6.45. The van der Waals surface area contributed by atoms with Crippen molar-refractivity contribution >= 4 is 17.8 Å². The number of nitrogens with two attached hydrogens (primary N) is 1. The van der Waals surface area contributed by atoms with Crippen LogP contribution in [0, 0.1) is 0 Å². The zero-order valence-corrected chi connectivity index (χ0v) is 11.1. The van der Waals surface area contributed by atoms with Gasteiger partial charge >= 0.3 is 6.03 Å². The van der Waals surface area contributed by atoms with E-state index in [0.717, 1.165) is 11.1 Å². The van der Waals surface area contributed by atoms with Gasteiger partial charge in [-0.05, 0) is 36.1 Å². The average molecular weight is 273 g/mol. The van der Waals surface area contributed by atoms with Crippen LogP contribution < -0.4 is 11.1 Å².